The van der Waals surface area contributed by atoms with Crippen LogP contribution in [-0.4, -0.2) is 49.8 Å². The van der Waals surface area contributed by atoms with E-state index in [1.807, 2.05) is 6.07 Å². The summed E-state index contributed by atoms with van der Waals surface area (Å²) in [5, 5.41) is 21.8. The molecule has 0 bridgehead atoms. The van der Waals surface area contributed by atoms with Crippen LogP contribution in [0.25, 0.3) is 21.3 Å². The van der Waals surface area contributed by atoms with E-state index in [0.29, 0.717) is 17.4 Å². The number of anilines is 2. The molecular formula is C19H18N6O3S. The molecule has 0 saturated carbocycles. The normalized spacial score (nSPS) is 23.3. The molecule has 0 spiro atoms. The molecule has 1 saturated heterocycles. The maximum Gasteiger partial charge on any atom is 0.239 e. The van der Waals surface area contributed by atoms with Crippen LogP contribution in [0.5, 0.6) is 5.88 Å². The molecule has 3 unspecified atom stereocenters. The lowest BCUT2D eigenvalue weighted by Crippen LogP contribution is -2.19. The molecule has 0 amide bonds. The fraction of sp³-hybridized carbons (Fsp3) is 0.368. The minimum atomic E-state index is -0.592. The van der Waals surface area contributed by atoms with Gasteiger partial charge in [0, 0.05) is 10.3 Å². The maximum atomic E-state index is 9.61. The molecule has 1 aliphatic heterocycles. The number of thiophene rings is 1. The summed E-state index contributed by atoms with van der Waals surface area (Å²) in [6.45, 7) is 0. The number of nitrogens with one attached hydrogen (secondary N) is 2. The van der Waals surface area contributed by atoms with Crippen LogP contribution in [0, 0.1) is 5.92 Å². The van der Waals surface area contributed by atoms with Crippen molar-refractivity contribution in [1.82, 2.24) is 25.1 Å². The first-order valence-corrected chi connectivity index (χ1v) is 10.3. The van der Waals surface area contributed by atoms with Crippen LogP contribution >= 0.6 is 11.3 Å². The quantitative estimate of drug-likeness (QED) is 0.439. The number of aliphatic hydroxyl groups excluding tert-OH is 1. The van der Waals surface area contributed by atoms with Gasteiger partial charge >= 0.3 is 0 Å². The number of ether oxygens (including phenoxy) is 2. The Kier molecular flexibility index (Phi) is 3.73. The van der Waals surface area contributed by atoms with Crippen molar-refractivity contribution in [2.75, 3.05) is 12.4 Å². The Morgan fingerprint density at radius 3 is 3.10 bits per heavy atom. The van der Waals surface area contributed by atoms with E-state index in [1.54, 1.807) is 31.0 Å². The molecule has 0 aromatic carbocycles. The zero-order valence-electron chi connectivity index (χ0n) is 15.5. The molecule has 29 heavy (non-hydrogen) atoms. The summed E-state index contributed by atoms with van der Waals surface area (Å²) in [4.78, 5) is 15.7. The molecule has 10 heteroatoms. The molecule has 6 rings (SSSR count). The summed E-state index contributed by atoms with van der Waals surface area (Å²) in [6, 6.07) is 1.94. The largest absolute Gasteiger partial charge is 0.479 e. The van der Waals surface area contributed by atoms with Crippen LogP contribution in [0.2, 0.25) is 0 Å². The third kappa shape index (κ3) is 2.75. The number of aromatic amines is 1. The van der Waals surface area contributed by atoms with Crippen molar-refractivity contribution in [2.45, 2.75) is 31.7 Å². The van der Waals surface area contributed by atoms with E-state index in [0.717, 1.165) is 46.4 Å². The molecule has 1 fully saturated rings. The third-order valence-corrected chi connectivity index (χ3v) is 6.85. The van der Waals surface area contributed by atoms with Crippen LogP contribution in [0.15, 0.2) is 18.6 Å². The van der Waals surface area contributed by atoms with E-state index in [4.69, 9.17) is 9.47 Å². The van der Waals surface area contributed by atoms with Crippen LogP contribution in [0.1, 0.15) is 16.9 Å². The second-order valence-corrected chi connectivity index (χ2v) is 8.46. The maximum absolute atomic E-state index is 9.61. The van der Waals surface area contributed by atoms with Crippen molar-refractivity contribution < 1.29 is 14.6 Å². The SMILES string of the molecule is COc1nc2[nH]ncc2cc1Nc1ncnc2sc3c(c12)CCC(C1OC1O)C3. The lowest BCUT2D eigenvalue weighted by atomic mass is 9.85. The highest BCUT2D eigenvalue weighted by molar-refractivity contribution is 7.19. The summed E-state index contributed by atoms with van der Waals surface area (Å²) in [7, 11) is 1.59. The molecule has 5 heterocycles. The van der Waals surface area contributed by atoms with Gasteiger partial charge in [0.05, 0.1) is 18.7 Å². The fourth-order valence-electron chi connectivity index (χ4n) is 4.21. The van der Waals surface area contributed by atoms with E-state index >= 15 is 0 Å². The third-order valence-electron chi connectivity index (χ3n) is 5.69. The Balaban J connectivity index is 1.41. The number of hydrogen-bond donors (Lipinski definition) is 3. The summed E-state index contributed by atoms with van der Waals surface area (Å²) in [5.74, 6) is 1.58. The van der Waals surface area contributed by atoms with Gasteiger partial charge in [0.15, 0.2) is 11.9 Å². The van der Waals surface area contributed by atoms with Crippen molar-refractivity contribution in [3.8, 4) is 5.88 Å². The first-order chi connectivity index (χ1) is 14.2. The smallest absolute Gasteiger partial charge is 0.239 e. The monoisotopic (exact) mass is 410 g/mol. The number of pyridine rings is 1. The van der Waals surface area contributed by atoms with Crippen LogP contribution in [0.4, 0.5) is 11.5 Å². The lowest BCUT2D eigenvalue weighted by Gasteiger charge is -2.20. The minimum Gasteiger partial charge on any atom is -0.479 e. The van der Waals surface area contributed by atoms with Crippen molar-refractivity contribution in [3.63, 3.8) is 0 Å². The van der Waals surface area contributed by atoms with Crippen LogP contribution in [-0.2, 0) is 17.6 Å². The summed E-state index contributed by atoms with van der Waals surface area (Å²) in [6.07, 6.45) is 5.51. The van der Waals surface area contributed by atoms with Gasteiger partial charge in [0.25, 0.3) is 0 Å². The van der Waals surface area contributed by atoms with Gasteiger partial charge in [0.1, 0.15) is 28.8 Å². The summed E-state index contributed by atoms with van der Waals surface area (Å²) >= 11 is 1.70. The number of fused-ring (bicyclic) bond motifs is 4. The van der Waals surface area contributed by atoms with E-state index in [2.05, 4.69) is 30.5 Å². The average Bonchev–Trinajstić information content (AvgIpc) is 3.13. The number of aromatic nitrogens is 5. The van der Waals surface area contributed by atoms with E-state index in [-0.39, 0.29) is 6.10 Å². The number of aliphatic hydroxyl groups is 1. The van der Waals surface area contributed by atoms with Crippen LogP contribution in [0.3, 0.4) is 0 Å². The van der Waals surface area contributed by atoms with Gasteiger partial charge in [-0.3, -0.25) is 5.10 Å². The number of methoxy groups -OCH3 is 1. The molecule has 4 aromatic heterocycles. The lowest BCUT2D eigenvalue weighted by molar-refractivity contribution is 0.155. The highest BCUT2D eigenvalue weighted by Gasteiger charge is 2.45. The van der Waals surface area contributed by atoms with E-state index < -0.39 is 6.29 Å². The van der Waals surface area contributed by atoms with Crippen molar-refractivity contribution in [1.29, 1.82) is 0 Å². The number of H-pyrrole nitrogens is 1. The molecule has 9 nitrogen and oxygen atoms in total. The topological polar surface area (TPSA) is 121 Å². The van der Waals surface area contributed by atoms with Gasteiger partial charge in [-0.15, -0.1) is 11.3 Å². The van der Waals surface area contributed by atoms with Crippen LogP contribution < -0.4 is 10.1 Å². The predicted octanol–water partition coefficient (Wildman–Crippen LogP) is 2.54. The molecule has 148 valence electrons. The number of hydrogen-bond acceptors (Lipinski definition) is 9. The van der Waals surface area contributed by atoms with Gasteiger partial charge in [-0.05, 0) is 36.8 Å². The molecule has 0 radical (unpaired) electrons. The molecule has 3 N–H and O–H groups in total. The van der Waals surface area contributed by atoms with Gasteiger partial charge in [-0.2, -0.15) is 10.1 Å². The second-order valence-electron chi connectivity index (χ2n) is 7.38. The zero-order valence-corrected chi connectivity index (χ0v) is 16.4. The highest BCUT2D eigenvalue weighted by Crippen LogP contribution is 2.44. The summed E-state index contributed by atoms with van der Waals surface area (Å²) in [5.41, 5.74) is 2.68. The minimum absolute atomic E-state index is 0.0194. The number of nitrogens with zero attached hydrogens (tertiary/aromatic N) is 4. The van der Waals surface area contributed by atoms with Gasteiger partial charge < -0.3 is 19.9 Å². The van der Waals surface area contributed by atoms with Gasteiger partial charge in [-0.1, -0.05) is 0 Å². The van der Waals surface area contributed by atoms with Crippen molar-refractivity contribution in [3.05, 3.63) is 29.0 Å². The van der Waals surface area contributed by atoms with Gasteiger partial charge in [-0.25, -0.2) is 9.97 Å². The molecule has 4 aromatic rings. The van der Waals surface area contributed by atoms with Gasteiger partial charge in [0.2, 0.25) is 5.88 Å². The first kappa shape index (κ1) is 17.1. The Morgan fingerprint density at radius 2 is 2.28 bits per heavy atom. The summed E-state index contributed by atoms with van der Waals surface area (Å²) < 4.78 is 10.8. The van der Waals surface area contributed by atoms with Crippen molar-refractivity contribution in [2.24, 2.45) is 5.92 Å². The Morgan fingerprint density at radius 1 is 1.38 bits per heavy atom. The molecule has 1 aliphatic carbocycles. The second kappa shape index (κ2) is 6.34. The Hall–Kier alpha value is -2.82. The standard InChI is InChI=1S/C19H18N6O3S/c1-27-17-11(4-9-6-22-25-15(9)24-17)23-16-13-10-3-2-8(14-19(26)28-14)5-12(10)29-18(13)21-7-20-16/h4,6-8,14,19,26H,2-3,5H2,1H3,(H,20,21,23)(H,22,24,25). The fourth-order valence-corrected chi connectivity index (χ4v) is 5.49. The predicted molar refractivity (Wildman–Crippen MR) is 108 cm³/mol. The zero-order chi connectivity index (χ0) is 19.5. The molecule has 2 aliphatic rings. The molecule has 3 atom stereocenters. The van der Waals surface area contributed by atoms with E-state index in [9.17, 15) is 5.11 Å². The Bertz CT molecular complexity index is 1240. The highest BCUT2D eigenvalue weighted by atomic mass is 32.1. The number of rotatable bonds is 4. The first-order valence-electron chi connectivity index (χ1n) is 9.45. The number of epoxide rings is 1. The molecular weight excluding hydrogens is 392 g/mol. The van der Waals surface area contributed by atoms with E-state index in [1.165, 1.54) is 10.4 Å². The average molecular weight is 410 g/mol. The Labute approximate surface area is 169 Å². The number of aryl methyl sites for hydroxylation is 1. The van der Waals surface area contributed by atoms with Crippen molar-refractivity contribution >= 4 is 44.1 Å².